The Kier molecular flexibility index (Phi) is 12.0. The number of hydrogen-bond acceptors (Lipinski definition) is 7. The minimum Gasteiger partial charge on any atom is -0.487 e. The van der Waals surface area contributed by atoms with Crippen LogP contribution in [0, 0.1) is 7.14 Å². The van der Waals surface area contributed by atoms with Gasteiger partial charge in [0, 0.05) is 16.3 Å². The third-order valence-corrected chi connectivity index (χ3v) is 8.11. The van der Waals surface area contributed by atoms with Crippen molar-refractivity contribution < 1.29 is 23.8 Å². The second kappa shape index (κ2) is 15.7. The van der Waals surface area contributed by atoms with Crippen LogP contribution in [0.3, 0.4) is 0 Å². The quantitative estimate of drug-likeness (QED) is 0.0709. The Morgan fingerprint density at radius 2 is 1.84 bits per heavy atom. The lowest BCUT2D eigenvalue weighted by atomic mass is 9.95. The zero-order chi connectivity index (χ0) is 30.9. The van der Waals surface area contributed by atoms with Crippen molar-refractivity contribution in [3.05, 3.63) is 101 Å². The van der Waals surface area contributed by atoms with Crippen molar-refractivity contribution in [2.24, 2.45) is 5.10 Å². The molecule has 13 heteroatoms. The van der Waals surface area contributed by atoms with E-state index in [1.54, 1.807) is 38.3 Å². The average Bonchev–Trinajstić information content (AvgIpc) is 2.95. The molecule has 3 aromatic rings. The second-order valence-electron chi connectivity index (χ2n) is 9.14. The zero-order valence-corrected chi connectivity index (χ0v) is 29.0. The molecule has 0 unspecified atom stereocenters. The molecule has 0 aliphatic carbocycles. The molecule has 0 spiro atoms. The maximum Gasteiger partial charge on any atom is 0.338 e. The molecule has 0 fully saturated rings. The van der Waals surface area contributed by atoms with E-state index in [0.29, 0.717) is 39.3 Å². The number of allylic oxidation sites excluding steroid dienone is 1. The molecule has 1 atom stereocenters. The Hall–Kier alpha value is -2.95. The summed E-state index contributed by atoms with van der Waals surface area (Å²) in [5.41, 5.74) is 5.84. The van der Waals surface area contributed by atoms with Crippen LogP contribution in [0.2, 0.25) is 5.02 Å². The first-order chi connectivity index (χ1) is 20.7. The number of nitrogens with one attached hydrogen (secondary N) is 3. The summed E-state index contributed by atoms with van der Waals surface area (Å²) in [6.45, 7) is 3.81. The molecule has 1 heterocycles. The van der Waals surface area contributed by atoms with Crippen molar-refractivity contribution in [1.29, 1.82) is 0 Å². The predicted molar refractivity (Wildman–Crippen MR) is 186 cm³/mol. The van der Waals surface area contributed by atoms with E-state index in [-0.39, 0.29) is 13.2 Å². The van der Waals surface area contributed by atoms with Crippen LogP contribution < -0.4 is 25.5 Å². The Morgan fingerprint density at radius 3 is 2.56 bits per heavy atom. The number of esters is 1. The average molecular weight is 845 g/mol. The topological polar surface area (TPSA) is 110 Å². The van der Waals surface area contributed by atoms with E-state index in [1.807, 2.05) is 42.5 Å². The molecule has 9 nitrogen and oxygen atoms in total. The van der Waals surface area contributed by atoms with Gasteiger partial charge in [-0.25, -0.2) is 10.2 Å². The van der Waals surface area contributed by atoms with Gasteiger partial charge in [-0.15, -0.1) is 0 Å². The number of benzene rings is 3. The highest BCUT2D eigenvalue weighted by atomic mass is 127. The van der Waals surface area contributed by atoms with Crippen LogP contribution in [0.4, 0.5) is 0 Å². The monoisotopic (exact) mass is 844 g/mol. The normalized spacial score (nSPS) is 14.6. The largest absolute Gasteiger partial charge is 0.487 e. The Morgan fingerprint density at radius 1 is 1.09 bits per heavy atom. The number of carbonyl (C=O) groups excluding carboxylic acids is 2. The number of amides is 1. The van der Waals surface area contributed by atoms with Gasteiger partial charge in [-0.3, -0.25) is 4.79 Å². The predicted octanol–water partition coefficient (Wildman–Crippen LogP) is 6.01. The molecule has 1 aliphatic rings. The van der Waals surface area contributed by atoms with Crippen LogP contribution >= 0.6 is 69.0 Å². The summed E-state index contributed by atoms with van der Waals surface area (Å²) in [4.78, 5) is 25.3. The summed E-state index contributed by atoms with van der Waals surface area (Å²) in [5.74, 6) is 0.243. The van der Waals surface area contributed by atoms with Crippen molar-refractivity contribution in [2.75, 3.05) is 13.2 Å². The molecule has 0 aromatic heterocycles. The molecule has 3 aromatic carbocycles. The summed E-state index contributed by atoms with van der Waals surface area (Å²) in [7, 11) is 0. The first-order valence-corrected chi connectivity index (χ1v) is 16.0. The van der Waals surface area contributed by atoms with E-state index in [4.69, 9.17) is 38.0 Å². The summed E-state index contributed by atoms with van der Waals surface area (Å²) in [6, 6.07) is 17.8. The number of hydrogen-bond donors (Lipinski definition) is 3. The molecular weight excluding hydrogens is 818 g/mol. The Bertz CT molecular complexity index is 1580. The molecule has 1 amide bonds. The number of para-hydroxylation sites is 1. The molecule has 1 aliphatic heterocycles. The molecule has 224 valence electrons. The number of hydrazone groups is 1. The van der Waals surface area contributed by atoms with E-state index in [2.05, 4.69) is 66.3 Å². The number of rotatable bonds is 11. The van der Waals surface area contributed by atoms with Gasteiger partial charge >= 0.3 is 5.97 Å². The van der Waals surface area contributed by atoms with Gasteiger partial charge in [0.05, 0.1) is 31.6 Å². The fraction of sp³-hybridized carbons (Fsp3) is 0.200. The first kappa shape index (κ1) is 33.0. The number of thiocarbonyl (C=S) groups is 1. The number of halogens is 3. The van der Waals surface area contributed by atoms with Crippen LogP contribution in [0.15, 0.2) is 77.0 Å². The molecule has 0 saturated heterocycles. The lowest BCUT2D eigenvalue weighted by molar-refractivity contribution is -0.139. The van der Waals surface area contributed by atoms with Crippen LogP contribution in [-0.2, 0) is 20.9 Å². The van der Waals surface area contributed by atoms with Crippen molar-refractivity contribution >= 4 is 92.2 Å². The van der Waals surface area contributed by atoms with Crippen molar-refractivity contribution in [3.8, 4) is 11.5 Å². The summed E-state index contributed by atoms with van der Waals surface area (Å²) >= 11 is 15.8. The summed E-state index contributed by atoms with van der Waals surface area (Å²) in [6.07, 6.45) is 1.55. The molecule has 43 heavy (non-hydrogen) atoms. The van der Waals surface area contributed by atoms with E-state index in [9.17, 15) is 9.59 Å². The first-order valence-electron chi connectivity index (χ1n) is 13.0. The maximum absolute atomic E-state index is 12.7. The van der Waals surface area contributed by atoms with E-state index in [0.717, 1.165) is 24.0 Å². The van der Waals surface area contributed by atoms with Crippen LogP contribution in [0.25, 0.3) is 0 Å². The van der Waals surface area contributed by atoms with Crippen LogP contribution in [-0.4, -0.2) is 36.4 Å². The summed E-state index contributed by atoms with van der Waals surface area (Å²) in [5, 5.41) is 11.2. The number of nitrogens with zero attached hydrogens (tertiary/aromatic N) is 1. The van der Waals surface area contributed by atoms with Crippen LogP contribution in [0.1, 0.15) is 36.6 Å². The fourth-order valence-electron chi connectivity index (χ4n) is 4.19. The second-order valence-corrected chi connectivity index (χ2v) is 12.3. The molecule has 3 N–H and O–H groups in total. The van der Waals surface area contributed by atoms with Crippen LogP contribution in [0.5, 0.6) is 11.5 Å². The van der Waals surface area contributed by atoms with Gasteiger partial charge in [0.25, 0.3) is 5.91 Å². The third kappa shape index (κ3) is 9.03. The number of carbonyl (C=O) groups is 2. The summed E-state index contributed by atoms with van der Waals surface area (Å²) < 4.78 is 18.9. The van der Waals surface area contributed by atoms with Gasteiger partial charge in [-0.05, 0) is 113 Å². The molecule has 0 bridgehead atoms. The zero-order valence-electron chi connectivity index (χ0n) is 23.1. The van der Waals surface area contributed by atoms with Gasteiger partial charge in [-0.2, -0.15) is 5.10 Å². The Labute approximate surface area is 287 Å². The van der Waals surface area contributed by atoms with Gasteiger partial charge in [0.2, 0.25) is 0 Å². The highest BCUT2D eigenvalue weighted by Gasteiger charge is 2.32. The lowest BCUT2D eigenvalue weighted by Gasteiger charge is -2.30. The van der Waals surface area contributed by atoms with Crippen molar-refractivity contribution in [1.82, 2.24) is 16.1 Å². The Balaban J connectivity index is 1.38. The SMILES string of the molecule is CCOC(=O)C1=C(C)NC(=S)N[C@H]1c1ccccc1OCC(=O)NN=Cc1cc(I)c(OCc2cccc(Cl)c2)c(I)c1. The minimum absolute atomic E-state index is 0.228. The van der Waals surface area contributed by atoms with E-state index in [1.165, 1.54) is 0 Å². The minimum atomic E-state index is -0.618. The standard InChI is InChI=1S/C30H27ClI2N4O5S/c1-3-40-29(39)26-17(2)35-30(43)36-27(26)21-9-4-5-10-24(21)41-16-25(38)37-34-14-19-12-22(32)28(23(33)13-19)42-15-18-7-6-8-20(31)11-18/h4-14,27H,3,15-16H2,1-2H3,(H,37,38)(H2,35,36,43)/t27-/m0/s1. The van der Waals surface area contributed by atoms with E-state index < -0.39 is 17.9 Å². The highest BCUT2D eigenvalue weighted by Crippen LogP contribution is 2.34. The third-order valence-electron chi connectivity index (χ3n) is 6.05. The van der Waals surface area contributed by atoms with Gasteiger partial charge in [-0.1, -0.05) is 41.9 Å². The van der Waals surface area contributed by atoms with Crippen molar-refractivity contribution in [2.45, 2.75) is 26.5 Å². The lowest BCUT2D eigenvalue weighted by Crippen LogP contribution is -2.45. The smallest absolute Gasteiger partial charge is 0.338 e. The van der Waals surface area contributed by atoms with Crippen molar-refractivity contribution in [3.63, 3.8) is 0 Å². The highest BCUT2D eigenvalue weighted by molar-refractivity contribution is 14.1. The molecule has 4 rings (SSSR count). The number of ether oxygens (including phenoxy) is 3. The molecule has 0 saturated carbocycles. The van der Waals surface area contributed by atoms with Gasteiger partial charge < -0.3 is 24.8 Å². The molecular formula is C30H27ClI2N4O5S. The fourth-order valence-corrected chi connectivity index (χ4v) is 6.80. The molecule has 0 radical (unpaired) electrons. The van der Waals surface area contributed by atoms with Gasteiger partial charge in [0.1, 0.15) is 18.1 Å². The van der Waals surface area contributed by atoms with E-state index >= 15 is 0 Å². The van der Waals surface area contributed by atoms with Gasteiger partial charge in [0.15, 0.2) is 11.7 Å². The maximum atomic E-state index is 12.7.